The van der Waals surface area contributed by atoms with E-state index in [1.54, 1.807) is 0 Å². The third-order valence-corrected chi connectivity index (χ3v) is 3.63. The Morgan fingerprint density at radius 1 is 1.00 bits per heavy atom. The predicted molar refractivity (Wildman–Crippen MR) is 95.6 cm³/mol. The van der Waals surface area contributed by atoms with E-state index in [9.17, 15) is 4.79 Å². The Balaban J connectivity index is 1.69. The lowest BCUT2D eigenvalue weighted by molar-refractivity contribution is -0.123. The van der Waals surface area contributed by atoms with Crippen LogP contribution in [0.4, 0.5) is 0 Å². The van der Waals surface area contributed by atoms with Crippen LogP contribution < -0.4 is 14.8 Å². The number of rotatable bonds is 8. The quantitative estimate of drug-likeness (QED) is 0.807. The molecule has 1 amide bonds. The highest BCUT2D eigenvalue weighted by molar-refractivity contribution is 5.77. The van der Waals surface area contributed by atoms with Crippen LogP contribution in [0, 0.1) is 6.92 Å². The minimum absolute atomic E-state index is 0.000341. The number of ether oxygens (including phenoxy) is 2. The number of benzene rings is 2. The van der Waals surface area contributed by atoms with Crippen LogP contribution in [0.3, 0.4) is 0 Å². The molecule has 24 heavy (non-hydrogen) atoms. The summed E-state index contributed by atoms with van der Waals surface area (Å²) in [5, 5.41) is 2.87. The van der Waals surface area contributed by atoms with Gasteiger partial charge in [0.05, 0.1) is 6.04 Å². The normalized spacial score (nSPS) is 11.6. The van der Waals surface area contributed by atoms with Crippen LogP contribution >= 0.6 is 0 Å². The van der Waals surface area contributed by atoms with Gasteiger partial charge in [-0.15, -0.1) is 0 Å². The zero-order valence-electron chi connectivity index (χ0n) is 14.5. The summed E-state index contributed by atoms with van der Waals surface area (Å²) < 4.78 is 11.1. The first kappa shape index (κ1) is 17.9. The van der Waals surface area contributed by atoms with Crippen molar-refractivity contribution in [2.24, 2.45) is 0 Å². The Morgan fingerprint density at radius 3 is 2.21 bits per heavy atom. The zero-order valence-corrected chi connectivity index (χ0v) is 14.5. The molecular formula is C20H25NO3. The summed E-state index contributed by atoms with van der Waals surface area (Å²) in [4.78, 5) is 11.9. The summed E-state index contributed by atoms with van der Waals surface area (Å²) in [6.45, 7) is 6.45. The molecule has 0 aliphatic carbocycles. The molecule has 0 aliphatic rings. The largest absolute Gasteiger partial charge is 0.491 e. The summed E-state index contributed by atoms with van der Waals surface area (Å²) in [7, 11) is 0. The van der Waals surface area contributed by atoms with E-state index in [0.717, 1.165) is 12.2 Å². The molecule has 1 N–H and O–H groups in total. The number of hydrogen-bond acceptors (Lipinski definition) is 3. The van der Waals surface area contributed by atoms with Gasteiger partial charge in [-0.1, -0.05) is 36.8 Å². The van der Waals surface area contributed by atoms with Crippen molar-refractivity contribution in [3.05, 3.63) is 59.7 Å². The first-order valence-corrected chi connectivity index (χ1v) is 8.27. The number of hydrogen-bond donors (Lipinski definition) is 1. The molecule has 0 radical (unpaired) electrons. The maximum Gasteiger partial charge on any atom is 0.258 e. The molecule has 0 bridgehead atoms. The fourth-order valence-corrected chi connectivity index (χ4v) is 2.18. The number of carbonyl (C=O) groups excluding carboxylic acids is 1. The van der Waals surface area contributed by atoms with E-state index >= 15 is 0 Å². The highest BCUT2D eigenvalue weighted by Crippen LogP contribution is 2.13. The lowest BCUT2D eigenvalue weighted by Gasteiger charge is -2.15. The molecule has 0 heterocycles. The second kappa shape index (κ2) is 8.96. The second-order valence-electron chi connectivity index (χ2n) is 5.88. The third kappa shape index (κ3) is 5.95. The second-order valence-corrected chi connectivity index (χ2v) is 5.88. The fourth-order valence-electron chi connectivity index (χ4n) is 2.18. The van der Waals surface area contributed by atoms with Gasteiger partial charge in [0, 0.05) is 0 Å². The van der Waals surface area contributed by atoms with E-state index in [4.69, 9.17) is 9.47 Å². The summed E-state index contributed by atoms with van der Waals surface area (Å²) >= 11 is 0. The van der Waals surface area contributed by atoms with Gasteiger partial charge in [0.2, 0.25) is 0 Å². The maximum absolute atomic E-state index is 11.9. The van der Waals surface area contributed by atoms with Gasteiger partial charge in [0.25, 0.3) is 5.91 Å². The number of carbonyl (C=O) groups is 1. The van der Waals surface area contributed by atoms with Gasteiger partial charge in [-0.3, -0.25) is 4.79 Å². The number of amides is 1. The average molecular weight is 327 g/mol. The summed E-state index contributed by atoms with van der Waals surface area (Å²) in [6, 6.07) is 15.5. The van der Waals surface area contributed by atoms with Gasteiger partial charge in [0.1, 0.15) is 18.1 Å². The topological polar surface area (TPSA) is 47.6 Å². The van der Waals surface area contributed by atoms with Gasteiger partial charge >= 0.3 is 0 Å². The highest BCUT2D eigenvalue weighted by Gasteiger charge is 2.09. The predicted octanol–water partition coefficient (Wildman–Crippen LogP) is 3.52. The molecule has 4 heteroatoms. The van der Waals surface area contributed by atoms with Crippen LogP contribution in [-0.2, 0) is 11.2 Å². The molecule has 0 saturated carbocycles. The van der Waals surface area contributed by atoms with E-state index in [1.165, 1.54) is 11.1 Å². The summed E-state index contributed by atoms with van der Waals surface area (Å²) in [6.07, 6.45) is 0.985. The van der Waals surface area contributed by atoms with Gasteiger partial charge in [-0.05, 0) is 50.1 Å². The molecule has 128 valence electrons. The van der Waals surface area contributed by atoms with Crippen molar-refractivity contribution >= 4 is 5.91 Å². The molecule has 0 aliphatic heterocycles. The maximum atomic E-state index is 11.9. The van der Waals surface area contributed by atoms with Crippen LogP contribution in [0.25, 0.3) is 0 Å². The molecule has 2 aromatic rings. The molecule has 2 aromatic carbocycles. The minimum Gasteiger partial charge on any atom is -0.491 e. The molecule has 0 aromatic heterocycles. The summed E-state index contributed by atoms with van der Waals surface area (Å²) in [5.74, 6) is 1.34. The van der Waals surface area contributed by atoms with Crippen molar-refractivity contribution in [3.8, 4) is 11.5 Å². The Hall–Kier alpha value is -2.49. The van der Waals surface area contributed by atoms with E-state index < -0.39 is 0 Å². The first-order valence-electron chi connectivity index (χ1n) is 8.27. The molecule has 1 atom stereocenters. The van der Waals surface area contributed by atoms with Crippen LogP contribution in [0.5, 0.6) is 11.5 Å². The Bertz CT molecular complexity index is 635. The Morgan fingerprint density at radius 2 is 1.58 bits per heavy atom. The molecule has 0 saturated heterocycles. The zero-order chi connectivity index (χ0) is 17.4. The molecular weight excluding hydrogens is 302 g/mol. The summed E-state index contributed by atoms with van der Waals surface area (Å²) in [5.41, 5.74) is 2.43. The third-order valence-electron chi connectivity index (χ3n) is 3.63. The van der Waals surface area contributed by atoms with Gasteiger partial charge in [-0.25, -0.2) is 0 Å². The monoisotopic (exact) mass is 327 g/mol. The molecule has 0 spiro atoms. The van der Waals surface area contributed by atoms with E-state index in [1.807, 2.05) is 62.4 Å². The molecule has 1 unspecified atom stereocenters. The standard InChI is InChI=1S/C20H25NO3/c1-4-17-7-11-19(12-8-17)24-14-20(22)21-16(3)13-23-18-9-5-15(2)6-10-18/h5-12,16H,4,13-14H2,1-3H3,(H,21,22). The highest BCUT2D eigenvalue weighted by atomic mass is 16.5. The van der Waals surface area contributed by atoms with Crippen molar-refractivity contribution in [2.45, 2.75) is 33.2 Å². The van der Waals surface area contributed by atoms with Crippen LogP contribution in [0.15, 0.2) is 48.5 Å². The lowest BCUT2D eigenvalue weighted by atomic mass is 10.2. The molecule has 2 rings (SSSR count). The van der Waals surface area contributed by atoms with Crippen LogP contribution in [-0.4, -0.2) is 25.2 Å². The van der Waals surface area contributed by atoms with Crippen molar-refractivity contribution in [3.63, 3.8) is 0 Å². The Kier molecular flexibility index (Phi) is 6.67. The van der Waals surface area contributed by atoms with Gasteiger partial charge < -0.3 is 14.8 Å². The smallest absolute Gasteiger partial charge is 0.258 e. The van der Waals surface area contributed by atoms with Gasteiger partial charge in [-0.2, -0.15) is 0 Å². The van der Waals surface area contributed by atoms with Crippen molar-refractivity contribution in [1.29, 1.82) is 0 Å². The molecule has 4 nitrogen and oxygen atoms in total. The van der Waals surface area contributed by atoms with Crippen molar-refractivity contribution < 1.29 is 14.3 Å². The Labute approximate surface area is 143 Å². The average Bonchev–Trinajstić information content (AvgIpc) is 2.60. The van der Waals surface area contributed by atoms with Crippen molar-refractivity contribution in [2.75, 3.05) is 13.2 Å². The van der Waals surface area contributed by atoms with Gasteiger partial charge in [0.15, 0.2) is 6.61 Å². The number of nitrogens with one attached hydrogen (secondary N) is 1. The van der Waals surface area contributed by atoms with Crippen molar-refractivity contribution in [1.82, 2.24) is 5.32 Å². The molecule has 0 fully saturated rings. The van der Waals surface area contributed by atoms with Crippen LogP contribution in [0.2, 0.25) is 0 Å². The SMILES string of the molecule is CCc1ccc(OCC(=O)NC(C)COc2ccc(C)cc2)cc1. The van der Waals surface area contributed by atoms with Crippen LogP contribution in [0.1, 0.15) is 25.0 Å². The van der Waals surface area contributed by atoms with E-state index in [-0.39, 0.29) is 18.6 Å². The van der Waals surface area contributed by atoms with E-state index in [2.05, 4.69) is 12.2 Å². The van der Waals surface area contributed by atoms with E-state index in [0.29, 0.717) is 12.4 Å². The fraction of sp³-hybridized carbons (Fsp3) is 0.350. The minimum atomic E-state index is -0.158. The first-order chi connectivity index (χ1) is 11.6. The number of aryl methyl sites for hydroxylation is 2. The lowest BCUT2D eigenvalue weighted by Crippen LogP contribution is -2.39.